The molecule has 1 fully saturated rings. The van der Waals surface area contributed by atoms with Crippen molar-refractivity contribution in [2.45, 2.75) is 25.2 Å². The molecule has 0 aromatic heterocycles. The molecule has 1 unspecified atom stereocenters. The average molecular weight is 313 g/mol. The number of hydrogen-bond donors (Lipinski definition) is 1. The largest absolute Gasteiger partial charge is 0.393 e. The zero-order valence-corrected chi connectivity index (χ0v) is 12.8. The Kier molecular flexibility index (Phi) is 4.20. The number of nitrogen functional groups attached to an aromatic ring is 1. The molecule has 8 heteroatoms. The van der Waals surface area contributed by atoms with Crippen LogP contribution in [0, 0.1) is 22.0 Å². The summed E-state index contributed by atoms with van der Waals surface area (Å²) in [5, 5.41) is 11.1. The fraction of sp³-hybridized carbons (Fsp3) is 0.538. The van der Waals surface area contributed by atoms with Gasteiger partial charge in [0.1, 0.15) is 5.69 Å². The monoisotopic (exact) mass is 313 g/mol. The topological polar surface area (TPSA) is 107 Å². The predicted octanol–water partition coefficient (Wildman–Crippen LogP) is 1.84. The number of anilines is 1. The van der Waals surface area contributed by atoms with Crippen molar-refractivity contribution in [3.63, 3.8) is 0 Å². The lowest BCUT2D eigenvalue weighted by Crippen LogP contribution is -2.30. The van der Waals surface area contributed by atoms with Gasteiger partial charge >= 0.3 is 5.69 Å². The molecule has 0 saturated carbocycles. The summed E-state index contributed by atoms with van der Waals surface area (Å²) in [5.74, 6) is 0.654. The van der Waals surface area contributed by atoms with E-state index in [1.165, 1.54) is 22.5 Å². The highest BCUT2D eigenvalue weighted by molar-refractivity contribution is 7.89. The molecule has 0 spiro atoms. The Balaban J connectivity index is 2.42. The number of para-hydroxylation sites is 1. The minimum Gasteiger partial charge on any atom is -0.393 e. The first-order chi connectivity index (χ1) is 9.75. The predicted molar refractivity (Wildman–Crippen MR) is 79.2 cm³/mol. The molecule has 0 aliphatic carbocycles. The van der Waals surface area contributed by atoms with Gasteiger partial charge in [-0.3, -0.25) is 10.1 Å². The average Bonchev–Trinajstić information content (AvgIpc) is 2.88. The highest BCUT2D eigenvalue weighted by Crippen LogP contribution is 2.35. The lowest BCUT2D eigenvalue weighted by atomic mass is 9.96. The summed E-state index contributed by atoms with van der Waals surface area (Å²) >= 11 is 0. The van der Waals surface area contributed by atoms with E-state index in [0.717, 1.165) is 6.42 Å². The highest BCUT2D eigenvalue weighted by atomic mass is 32.2. The van der Waals surface area contributed by atoms with Crippen LogP contribution in [0.3, 0.4) is 0 Å². The number of nitro groups is 1. The van der Waals surface area contributed by atoms with E-state index >= 15 is 0 Å². The minimum absolute atomic E-state index is 0.138. The first kappa shape index (κ1) is 15.7. The van der Waals surface area contributed by atoms with Crippen LogP contribution in [0.15, 0.2) is 23.1 Å². The second-order valence-electron chi connectivity index (χ2n) is 5.61. The molecule has 0 amide bonds. The molecule has 1 aromatic rings. The fourth-order valence-corrected chi connectivity index (χ4v) is 4.30. The van der Waals surface area contributed by atoms with E-state index in [4.69, 9.17) is 5.73 Å². The zero-order valence-electron chi connectivity index (χ0n) is 12.0. The summed E-state index contributed by atoms with van der Waals surface area (Å²) < 4.78 is 26.6. The van der Waals surface area contributed by atoms with Gasteiger partial charge in [-0.05, 0) is 30.4 Å². The molecule has 1 heterocycles. The van der Waals surface area contributed by atoms with Crippen molar-refractivity contribution < 1.29 is 13.3 Å². The summed E-state index contributed by atoms with van der Waals surface area (Å²) in [4.78, 5) is 10.1. The SMILES string of the molecule is CC(C)C1CCN(S(=O)(=O)c2cccc(N)c2[N+](=O)[O-])C1. The molecule has 1 saturated heterocycles. The smallest absolute Gasteiger partial charge is 0.312 e. The molecule has 7 nitrogen and oxygen atoms in total. The molecule has 1 aliphatic rings. The molecule has 1 aliphatic heterocycles. The third kappa shape index (κ3) is 2.86. The Morgan fingerprint density at radius 3 is 2.62 bits per heavy atom. The summed E-state index contributed by atoms with van der Waals surface area (Å²) in [6.45, 7) is 4.87. The van der Waals surface area contributed by atoms with Crippen LogP contribution in [0.2, 0.25) is 0 Å². The van der Waals surface area contributed by atoms with E-state index in [0.29, 0.717) is 19.0 Å². The number of nitro benzene ring substituents is 1. The molecule has 0 bridgehead atoms. The molecular formula is C13H19N3O4S. The number of hydrogen-bond acceptors (Lipinski definition) is 5. The second-order valence-corrected chi connectivity index (χ2v) is 7.51. The van der Waals surface area contributed by atoms with Crippen molar-refractivity contribution in [3.8, 4) is 0 Å². The van der Waals surface area contributed by atoms with Crippen molar-refractivity contribution >= 4 is 21.4 Å². The third-order valence-electron chi connectivity index (χ3n) is 3.96. The van der Waals surface area contributed by atoms with Gasteiger partial charge in [0, 0.05) is 13.1 Å². The minimum atomic E-state index is -3.89. The van der Waals surface area contributed by atoms with Crippen LogP contribution < -0.4 is 5.73 Å². The second kappa shape index (κ2) is 5.61. The molecular weight excluding hydrogens is 294 g/mol. The molecule has 21 heavy (non-hydrogen) atoms. The van der Waals surface area contributed by atoms with E-state index in [9.17, 15) is 18.5 Å². The first-order valence-corrected chi connectivity index (χ1v) is 8.22. The maximum atomic E-state index is 12.6. The summed E-state index contributed by atoms with van der Waals surface area (Å²) in [5.41, 5.74) is 4.89. The summed E-state index contributed by atoms with van der Waals surface area (Å²) in [6, 6.07) is 4.00. The summed E-state index contributed by atoms with van der Waals surface area (Å²) in [7, 11) is -3.89. The van der Waals surface area contributed by atoms with Crippen LogP contribution in [0.25, 0.3) is 0 Å². The van der Waals surface area contributed by atoms with Crippen LogP contribution in [0.1, 0.15) is 20.3 Å². The first-order valence-electron chi connectivity index (χ1n) is 6.78. The third-order valence-corrected chi connectivity index (χ3v) is 5.86. The van der Waals surface area contributed by atoms with Gasteiger partial charge in [-0.15, -0.1) is 0 Å². The Bertz CT molecular complexity index is 657. The molecule has 2 rings (SSSR count). The van der Waals surface area contributed by atoms with E-state index in [-0.39, 0.29) is 16.5 Å². The maximum Gasteiger partial charge on any atom is 0.312 e. The van der Waals surface area contributed by atoms with Crippen LogP contribution in [0.4, 0.5) is 11.4 Å². The number of nitrogens with two attached hydrogens (primary N) is 1. The van der Waals surface area contributed by atoms with Gasteiger partial charge in [-0.25, -0.2) is 8.42 Å². The highest BCUT2D eigenvalue weighted by Gasteiger charge is 2.37. The van der Waals surface area contributed by atoms with Crippen molar-refractivity contribution in [2.75, 3.05) is 18.8 Å². The van der Waals surface area contributed by atoms with E-state index in [2.05, 4.69) is 0 Å². The van der Waals surface area contributed by atoms with Gasteiger partial charge in [0.05, 0.1) is 4.92 Å². The molecule has 1 aromatic carbocycles. The molecule has 116 valence electrons. The van der Waals surface area contributed by atoms with Crippen molar-refractivity contribution in [1.82, 2.24) is 4.31 Å². The van der Waals surface area contributed by atoms with Crippen molar-refractivity contribution in [3.05, 3.63) is 28.3 Å². The lowest BCUT2D eigenvalue weighted by molar-refractivity contribution is -0.386. The van der Waals surface area contributed by atoms with Gasteiger partial charge in [-0.1, -0.05) is 19.9 Å². The molecule has 1 atom stereocenters. The normalized spacial score (nSPS) is 20.0. The van der Waals surface area contributed by atoms with E-state index in [1.807, 2.05) is 13.8 Å². The quantitative estimate of drug-likeness (QED) is 0.518. The Hall–Kier alpha value is -1.67. The van der Waals surface area contributed by atoms with Gasteiger partial charge in [0.15, 0.2) is 4.90 Å². The van der Waals surface area contributed by atoms with Gasteiger partial charge in [-0.2, -0.15) is 4.31 Å². The Morgan fingerprint density at radius 2 is 2.10 bits per heavy atom. The van der Waals surface area contributed by atoms with Gasteiger partial charge in [0.25, 0.3) is 0 Å². The lowest BCUT2D eigenvalue weighted by Gasteiger charge is -2.18. The van der Waals surface area contributed by atoms with Crippen LogP contribution >= 0.6 is 0 Å². The van der Waals surface area contributed by atoms with E-state index in [1.54, 1.807) is 0 Å². The van der Waals surface area contributed by atoms with Crippen LogP contribution in [0.5, 0.6) is 0 Å². The number of sulfonamides is 1. The standard InChI is InChI=1S/C13H19N3O4S/c1-9(2)10-6-7-15(8-10)21(19,20)12-5-3-4-11(14)13(12)16(17)18/h3-5,9-10H,6-8,14H2,1-2H3. The van der Waals surface area contributed by atoms with Gasteiger partial charge in [0.2, 0.25) is 10.0 Å². The fourth-order valence-electron chi connectivity index (χ4n) is 2.60. The Morgan fingerprint density at radius 1 is 1.43 bits per heavy atom. The van der Waals surface area contributed by atoms with Crippen LogP contribution in [-0.2, 0) is 10.0 Å². The maximum absolute atomic E-state index is 12.6. The number of rotatable bonds is 4. The summed E-state index contributed by atoms with van der Waals surface area (Å²) in [6.07, 6.45) is 0.771. The zero-order chi connectivity index (χ0) is 15.8. The van der Waals surface area contributed by atoms with Crippen LogP contribution in [-0.4, -0.2) is 30.7 Å². The van der Waals surface area contributed by atoms with Gasteiger partial charge < -0.3 is 5.73 Å². The molecule has 0 radical (unpaired) electrons. The Labute approximate surface area is 123 Å². The van der Waals surface area contributed by atoms with E-state index < -0.39 is 20.6 Å². The van der Waals surface area contributed by atoms with Crippen molar-refractivity contribution in [2.24, 2.45) is 11.8 Å². The number of benzene rings is 1. The molecule has 2 N–H and O–H groups in total. The van der Waals surface area contributed by atoms with Crippen molar-refractivity contribution in [1.29, 1.82) is 0 Å². The number of nitrogens with zero attached hydrogens (tertiary/aromatic N) is 2.